The van der Waals surface area contributed by atoms with E-state index in [9.17, 15) is 4.39 Å². The highest BCUT2D eigenvalue weighted by molar-refractivity contribution is 6.17. The number of hydrogen-bond donors (Lipinski definition) is 0. The molecule has 0 unspecified atom stereocenters. The molecule has 3 rings (SSSR count). The highest BCUT2D eigenvalue weighted by Gasteiger charge is 2.15. The van der Waals surface area contributed by atoms with Crippen LogP contribution in [0.2, 0.25) is 0 Å². The lowest BCUT2D eigenvalue weighted by atomic mass is 10.2. The number of alkyl halides is 1. The summed E-state index contributed by atoms with van der Waals surface area (Å²) in [6, 6.07) is 10.4. The summed E-state index contributed by atoms with van der Waals surface area (Å²) in [5, 5.41) is 0. The van der Waals surface area contributed by atoms with Gasteiger partial charge in [-0.25, -0.2) is 9.37 Å². The number of aryl methyl sites for hydroxylation is 1. The van der Waals surface area contributed by atoms with Gasteiger partial charge in [0.05, 0.1) is 29.7 Å². The van der Waals surface area contributed by atoms with Gasteiger partial charge in [-0.3, -0.25) is 4.57 Å². The second kappa shape index (κ2) is 5.37. The molecule has 0 aliphatic carbocycles. The Morgan fingerprint density at radius 1 is 1.24 bits per heavy atom. The predicted molar refractivity (Wildman–Crippen MR) is 81.9 cm³/mol. The predicted octanol–water partition coefficient (Wildman–Crippen LogP) is 4.22. The van der Waals surface area contributed by atoms with Crippen LogP contribution >= 0.6 is 11.6 Å². The molecule has 2 aromatic carbocycles. The molecule has 108 valence electrons. The number of hydrogen-bond acceptors (Lipinski definition) is 2. The van der Waals surface area contributed by atoms with Gasteiger partial charge in [-0.05, 0) is 36.8 Å². The smallest absolute Gasteiger partial charge is 0.145 e. The van der Waals surface area contributed by atoms with E-state index in [1.165, 1.54) is 19.2 Å². The lowest BCUT2D eigenvalue weighted by Gasteiger charge is -2.12. The van der Waals surface area contributed by atoms with Gasteiger partial charge in [0.2, 0.25) is 0 Å². The number of aromatic nitrogens is 2. The van der Waals surface area contributed by atoms with Crippen LogP contribution in [0.1, 0.15) is 11.4 Å². The van der Waals surface area contributed by atoms with Crippen molar-refractivity contribution in [2.45, 2.75) is 12.8 Å². The van der Waals surface area contributed by atoms with E-state index in [1.54, 1.807) is 6.07 Å². The van der Waals surface area contributed by atoms with Crippen molar-refractivity contribution in [2.75, 3.05) is 7.11 Å². The maximum absolute atomic E-state index is 13.4. The number of ether oxygens (including phenoxy) is 1. The Balaban J connectivity index is 2.33. The molecule has 0 spiro atoms. The topological polar surface area (TPSA) is 27.1 Å². The Bertz CT molecular complexity index is 813. The fraction of sp³-hybridized carbons (Fsp3) is 0.188. The molecule has 3 aromatic rings. The Labute approximate surface area is 126 Å². The molecule has 1 heterocycles. The van der Waals surface area contributed by atoms with Crippen LogP contribution in [0.15, 0.2) is 36.4 Å². The molecule has 1 aromatic heterocycles. The van der Waals surface area contributed by atoms with Gasteiger partial charge >= 0.3 is 0 Å². The van der Waals surface area contributed by atoms with Crippen molar-refractivity contribution in [3.8, 4) is 11.4 Å². The molecule has 0 N–H and O–H groups in total. The van der Waals surface area contributed by atoms with E-state index in [0.29, 0.717) is 11.6 Å². The Morgan fingerprint density at radius 2 is 2.05 bits per heavy atom. The first kappa shape index (κ1) is 13.9. The Kier molecular flexibility index (Phi) is 3.55. The quantitative estimate of drug-likeness (QED) is 0.677. The van der Waals surface area contributed by atoms with Crippen LogP contribution in [-0.2, 0) is 5.88 Å². The van der Waals surface area contributed by atoms with Gasteiger partial charge in [0.1, 0.15) is 17.4 Å². The zero-order valence-corrected chi connectivity index (χ0v) is 12.5. The van der Waals surface area contributed by atoms with Crippen molar-refractivity contribution in [2.24, 2.45) is 0 Å². The lowest BCUT2D eigenvalue weighted by Crippen LogP contribution is -2.02. The van der Waals surface area contributed by atoms with Crippen molar-refractivity contribution in [1.29, 1.82) is 0 Å². The zero-order chi connectivity index (χ0) is 15.0. The third-order valence-corrected chi connectivity index (χ3v) is 3.62. The number of methoxy groups -OCH3 is 1. The molecule has 0 saturated heterocycles. The fourth-order valence-corrected chi connectivity index (χ4v) is 2.61. The Hall–Kier alpha value is -2.07. The van der Waals surface area contributed by atoms with Crippen LogP contribution in [-0.4, -0.2) is 16.7 Å². The molecule has 0 fully saturated rings. The van der Waals surface area contributed by atoms with E-state index in [4.69, 9.17) is 16.3 Å². The molecule has 0 saturated carbocycles. The summed E-state index contributed by atoms with van der Waals surface area (Å²) in [4.78, 5) is 4.55. The van der Waals surface area contributed by atoms with Crippen LogP contribution in [0.4, 0.5) is 4.39 Å². The third-order valence-electron chi connectivity index (χ3n) is 3.38. The minimum Gasteiger partial charge on any atom is -0.494 e. The van der Waals surface area contributed by atoms with Gasteiger partial charge in [0, 0.05) is 6.07 Å². The van der Waals surface area contributed by atoms with Gasteiger partial charge in [-0.1, -0.05) is 6.07 Å². The summed E-state index contributed by atoms with van der Waals surface area (Å²) in [7, 11) is 1.52. The monoisotopic (exact) mass is 304 g/mol. The van der Waals surface area contributed by atoms with E-state index in [2.05, 4.69) is 4.98 Å². The second-order valence-electron chi connectivity index (χ2n) is 4.81. The van der Waals surface area contributed by atoms with E-state index in [-0.39, 0.29) is 11.7 Å². The standard InChI is InChI=1S/C16H14ClFN2O/c1-10-3-5-13-12(7-10)19-16(9-17)20(13)14-6-4-11(18)8-15(14)21-2/h3-8H,9H2,1-2H3. The fourth-order valence-electron chi connectivity index (χ4n) is 2.43. The maximum atomic E-state index is 13.4. The number of imidazole rings is 1. The molecule has 21 heavy (non-hydrogen) atoms. The largest absolute Gasteiger partial charge is 0.494 e. The number of benzene rings is 2. The van der Waals surface area contributed by atoms with Gasteiger partial charge in [-0.15, -0.1) is 11.6 Å². The number of halogens is 2. The minimum atomic E-state index is -0.344. The zero-order valence-electron chi connectivity index (χ0n) is 11.7. The van der Waals surface area contributed by atoms with Gasteiger partial charge in [-0.2, -0.15) is 0 Å². The van der Waals surface area contributed by atoms with E-state index < -0.39 is 0 Å². The SMILES string of the molecule is COc1cc(F)ccc1-n1c(CCl)nc2cc(C)ccc21. The summed E-state index contributed by atoms with van der Waals surface area (Å²) < 4.78 is 20.6. The summed E-state index contributed by atoms with van der Waals surface area (Å²) >= 11 is 6.02. The van der Waals surface area contributed by atoms with Crippen molar-refractivity contribution in [3.05, 3.63) is 53.6 Å². The van der Waals surface area contributed by atoms with Crippen LogP contribution in [0.5, 0.6) is 5.75 Å². The first-order valence-corrected chi connectivity index (χ1v) is 7.05. The molecular formula is C16H14ClFN2O. The number of nitrogens with zero attached hydrogens (tertiary/aromatic N) is 2. The molecule has 0 amide bonds. The molecule has 3 nitrogen and oxygen atoms in total. The molecule has 0 aliphatic heterocycles. The van der Waals surface area contributed by atoms with Crippen molar-refractivity contribution < 1.29 is 9.13 Å². The number of fused-ring (bicyclic) bond motifs is 1. The molecule has 0 radical (unpaired) electrons. The highest BCUT2D eigenvalue weighted by Crippen LogP contribution is 2.30. The average molecular weight is 305 g/mol. The van der Waals surface area contributed by atoms with Crippen molar-refractivity contribution >= 4 is 22.6 Å². The summed E-state index contributed by atoms with van der Waals surface area (Å²) in [5.41, 5.74) is 3.62. The summed E-state index contributed by atoms with van der Waals surface area (Å²) in [6.07, 6.45) is 0. The molecule has 0 atom stereocenters. The molecule has 5 heteroatoms. The van der Waals surface area contributed by atoms with Crippen LogP contribution < -0.4 is 4.74 Å². The van der Waals surface area contributed by atoms with Gasteiger partial charge in [0.25, 0.3) is 0 Å². The highest BCUT2D eigenvalue weighted by atomic mass is 35.5. The summed E-state index contributed by atoms with van der Waals surface area (Å²) in [6.45, 7) is 2.01. The van der Waals surface area contributed by atoms with Crippen molar-refractivity contribution in [3.63, 3.8) is 0 Å². The third kappa shape index (κ3) is 2.36. The van der Waals surface area contributed by atoms with E-state index >= 15 is 0 Å². The van der Waals surface area contributed by atoms with Crippen molar-refractivity contribution in [1.82, 2.24) is 9.55 Å². The lowest BCUT2D eigenvalue weighted by molar-refractivity contribution is 0.409. The number of rotatable bonds is 3. The second-order valence-corrected chi connectivity index (χ2v) is 5.07. The average Bonchev–Trinajstić information content (AvgIpc) is 2.84. The summed E-state index contributed by atoms with van der Waals surface area (Å²) in [5.74, 6) is 1.06. The Morgan fingerprint density at radius 3 is 2.76 bits per heavy atom. The maximum Gasteiger partial charge on any atom is 0.145 e. The minimum absolute atomic E-state index is 0.258. The van der Waals surface area contributed by atoms with Gasteiger partial charge < -0.3 is 4.74 Å². The van der Waals surface area contributed by atoms with E-state index in [1.807, 2.05) is 29.7 Å². The van der Waals surface area contributed by atoms with Gasteiger partial charge in [0.15, 0.2) is 0 Å². The first-order valence-electron chi connectivity index (χ1n) is 6.52. The molecule has 0 aliphatic rings. The normalized spacial score (nSPS) is 11.0. The van der Waals surface area contributed by atoms with Crippen LogP contribution in [0, 0.1) is 12.7 Å². The first-order chi connectivity index (χ1) is 10.1. The van der Waals surface area contributed by atoms with Crippen LogP contribution in [0.3, 0.4) is 0 Å². The van der Waals surface area contributed by atoms with Crippen LogP contribution in [0.25, 0.3) is 16.7 Å². The molecule has 0 bridgehead atoms. The van der Waals surface area contributed by atoms with E-state index in [0.717, 1.165) is 22.3 Å². The molecular weight excluding hydrogens is 291 g/mol.